The van der Waals surface area contributed by atoms with Crippen LogP contribution in [-0.4, -0.2) is 11.9 Å². The monoisotopic (exact) mass is 295 g/mol. The molecule has 0 fully saturated rings. The van der Waals surface area contributed by atoms with Crippen LogP contribution in [0.3, 0.4) is 0 Å². The second-order valence-electron chi connectivity index (χ2n) is 4.97. The Morgan fingerprint density at radius 2 is 2.05 bits per heavy atom. The van der Waals surface area contributed by atoms with Crippen LogP contribution >= 0.6 is 11.8 Å². The van der Waals surface area contributed by atoms with Gasteiger partial charge in [0.2, 0.25) is 0 Å². The van der Waals surface area contributed by atoms with Gasteiger partial charge in [-0.3, -0.25) is 0 Å². The van der Waals surface area contributed by atoms with Crippen LogP contribution in [-0.2, 0) is 0 Å². The van der Waals surface area contributed by atoms with E-state index >= 15 is 0 Å². The van der Waals surface area contributed by atoms with E-state index in [4.69, 9.17) is 0 Å². The second kappa shape index (κ2) is 7.19. The standard InChI is InChI=1S/C19H21NS/c1-5-15(2)10-12-20(4)17-11-13-21-19-9-7-6-8-18(19)16(3)14-17/h5-14H,3H2,1-2,4H3/b12-10-,13-11-,15-5-,17-14+. The highest BCUT2D eigenvalue weighted by atomic mass is 32.2. The molecule has 108 valence electrons. The van der Waals surface area contributed by atoms with Crippen LogP contribution in [0.1, 0.15) is 19.4 Å². The number of rotatable bonds is 3. The number of likely N-dealkylation sites (N-methyl/N-ethyl adjacent to an activating group) is 1. The molecular weight excluding hydrogens is 274 g/mol. The van der Waals surface area contributed by atoms with Crippen molar-refractivity contribution < 1.29 is 0 Å². The van der Waals surface area contributed by atoms with Gasteiger partial charge in [0, 0.05) is 23.8 Å². The molecule has 1 nitrogen and oxygen atoms in total. The van der Waals surface area contributed by atoms with Gasteiger partial charge in [0.1, 0.15) is 0 Å². The van der Waals surface area contributed by atoms with E-state index in [0.29, 0.717) is 0 Å². The lowest BCUT2D eigenvalue weighted by Crippen LogP contribution is -2.09. The smallest absolute Gasteiger partial charge is 0.0414 e. The highest BCUT2D eigenvalue weighted by Gasteiger charge is 2.08. The Labute approximate surface area is 132 Å². The maximum atomic E-state index is 4.22. The molecule has 0 amide bonds. The maximum absolute atomic E-state index is 4.22. The SMILES string of the molecule is C=C1/C=C(N(C)/C=C\C(C)=C/C)\C=C/Sc2ccccc21. The maximum Gasteiger partial charge on any atom is 0.0414 e. The molecule has 0 saturated heterocycles. The van der Waals surface area contributed by atoms with Gasteiger partial charge in [-0.25, -0.2) is 0 Å². The number of hydrogen-bond acceptors (Lipinski definition) is 2. The largest absolute Gasteiger partial charge is 0.351 e. The highest BCUT2D eigenvalue weighted by molar-refractivity contribution is 8.02. The van der Waals surface area contributed by atoms with Crippen molar-refractivity contribution in [2.75, 3.05) is 7.05 Å². The molecule has 1 heterocycles. The molecule has 0 atom stereocenters. The fourth-order valence-electron chi connectivity index (χ4n) is 1.95. The molecule has 0 aliphatic carbocycles. The Kier molecular flexibility index (Phi) is 5.29. The summed E-state index contributed by atoms with van der Waals surface area (Å²) in [6, 6.07) is 8.38. The zero-order valence-corrected chi connectivity index (χ0v) is 13.7. The third-order valence-corrected chi connectivity index (χ3v) is 4.29. The average Bonchev–Trinajstić information content (AvgIpc) is 2.49. The van der Waals surface area contributed by atoms with Crippen LogP contribution in [0.2, 0.25) is 0 Å². The quantitative estimate of drug-likeness (QED) is 0.666. The van der Waals surface area contributed by atoms with E-state index in [2.05, 4.69) is 85.6 Å². The van der Waals surface area contributed by atoms with Crippen molar-refractivity contribution in [2.24, 2.45) is 0 Å². The second-order valence-corrected chi connectivity index (χ2v) is 5.92. The van der Waals surface area contributed by atoms with E-state index < -0.39 is 0 Å². The lowest BCUT2D eigenvalue weighted by atomic mass is 10.1. The van der Waals surface area contributed by atoms with Gasteiger partial charge in [-0.05, 0) is 54.7 Å². The molecule has 0 saturated carbocycles. The van der Waals surface area contributed by atoms with Crippen molar-refractivity contribution >= 4 is 17.3 Å². The van der Waals surface area contributed by atoms with E-state index in [1.165, 1.54) is 16.0 Å². The van der Waals surface area contributed by atoms with Crippen LogP contribution in [0, 0.1) is 0 Å². The van der Waals surface area contributed by atoms with Gasteiger partial charge in [-0.1, -0.05) is 48.2 Å². The number of benzene rings is 1. The summed E-state index contributed by atoms with van der Waals surface area (Å²) < 4.78 is 0. The van der Waals surface area contributed by atoms with Crippen molar-refractivity contribution in [3.8, 4) is 0 Å². The molecule has 21 heavy (non-hydrogen) atoms. The molecule has 0 aromatic heterocycles. The van der Waals surface area contributed by atoms with Gasteiger partial charge in [-0.15, -0.1) is 0 Å². The summed E-state index contributed by atoms with van der Waals surface area (Å²) in [6.07, 6.45) is 10.5. The summed E-state index contributed by atoms with van der Waals surface area (Å²) in [6.45, 7) is 8.36. The molecule has 0 N–H and O–H groups in total. The van der Waals surface area contributed by atoms with Crippen molar-refractivity contribution in [1.29, 1.82) is 0 Å². The molecule has 1 aliphatic rings. The Balaban J connectivity index is 2.28. The van der Waals surface area contributed by atoms with Crippen LogP contribution in [0.25, 0.3) is 5.57 Å². The Bertz CT molecular complexity index is 647. The fourth-order valence-corrected chi connectivity index (χ4v) is 2.78. The average molecular weight is 295 g/mol. The first-order valence-corrected chi connectivity index (χ1v) is 7.87. The summed E-state index contributed by atoms with van der Waals surface area (Å²) >= 11 is 1.73. The molecule has 0 spiro atoms. The van der Waals surface area contributed by atoms with E-state index in [1.54, 1.807) is 11.8 Å². The number of nitrogens with zero attached hydrogens (tertiary/aromatic N) is 1. The van der Waals surface area contributed by atoms with E-state index in [-0.39, 0.29) is 0 Å². The topological polar surface area (TPSA) is 3.24 Å². The van der Waals surface area contributed by atoms with E-state index in [9.17, 15) is 0 Å². The molecule has 2 rings (SSSR count). The van der Waals surface area contributed by atoms with Crippen LogP contribution in [0.4, 0.5) is 0 Å². The molecule has 2 heteroatoms. The van der Waals surface area contributed by atoms with E-state index in [0.717, 1.165) is 11.3 Å². The minimum atomic E-state index is 1.04. The molecule has 1 aromatic rings. The summed E-state index contributed by atoms with van der Waals surface area (Å²) in [7, 11) is 2.06. The number of hydrogen-bond donors (Lipinski definition) is 0. The third kappa shape index (κ3) is 4.02. The van der Waals surface area contributed by atoms with Gasteiger partial charge < -0.3 is 4.90 Å². The third-order valence-electron chi connectivity index (χ3n) is 3.41. The molecule has 1 aliphatic heterocycles. The van der Waals surface area contributed by atoms with Gasteiger partial charge in [-0.2, -0.15) is 0 Å². The highest BCUT2D eigenvalue weighted by Crippen LogP contribution is 2.32. The van der Waals surface area contributed by atoms with Gasteiger partial charge in [0.25, 0.3) is 0 Å². The zero-order valence-electron chi connectivity index (χ0n) is 12.8. The minimum Gasteiger partial charge on any atom is -0.351 e. The van der Waals surface area contributed by atoms with Crippen molar-refractivity contribution in [3.63, 3.8) is 0 Å². The molecule has 0 bridgehead atoms. The van der Waals surface area contributed by atoms with Gasteiger partial charge in [0.05, 0.1) is 0 Å². The normalized spacial score (nSPS) is 19.5. The van der Waals surface area contributed by atoms with Crippen molar-refractivity contribution in [1.82, 2.24) is 4.90 Å². The summed E-state index contributed by atoms with van der Waals surface area (Å²) in [4.78, 5) is 3.36. The number of fused-ring (bicyclic) bond motifs is 1. The summed E-state index contributed by atoms with van der Waals surface area (Å²) in [5, 5.41) is 2.13. The first-order chi connectivity index (χ1) is 10.1. The van der Waals surface area contributed by atoms with Gasteiger partial charge >= 0.3 is 0 Å². The summed E-state index contributed by atoms with van der Waals surface area (Å²) in [5.74, 6) is 0. The Morgan fingerprint density at radius 3 is 2.81 bits per heavy atom. The number of allylic oxidation sites excluding steroid dienone is 6. The molecule has 0 unspecified atom stereocenters. The predicted molar refractivity (Wildman–Crippen MR) is 94.9 cm³/mol. The van der Waals surface area contributed by atoms with E-state index in [1.807, 2.05) is 6.92 Å². The van der Waals surface area contributed by atoms with Gasteiger partial charge in [0.15, 0.2) is 0 Å². The number of thioether (sulfide) groups is 1. The Hall–Kier alpha value is -1.93. The predicted octanol–water partition coefficient (Wildman–Crippen LogP) is 5.61. The fraction of sp³-hybridized carbons (Fsp3) is 0.158. The summed E-state index contributed by atoms with van der Waals surface area (Å²) in [5.41, 5.74) is 4.62. The lowest BCUT2D eigenvalue weighted by molar-refractivity contribution is 0.588. The minimum absolute atomic E-state index is 1.04. The zero-order chi connectivity index (χ0) is 15.2. The molecule has 1 aromatic carbocycles. The van der Waals surface area contributed by atoms with Crippen LogP contribution in [0.15, 0.2) is 82.9 Å². The first-order valence-electron chi connectivity index (χ1n) is 6.99. The molecular formula is C19H21NS. The molecule has 0 radical (unpaired) electrons. The Morgan fingerprint density at radius 1 is 1.29 bits per heavy atom. The first kappa shape index (κ1) is 15.5. The lowest BCUT2D eigenvalue weighted by Gasteiger charge is -2.18. The van der Waals surface area contributed by atoms with Crippen molar-refractivity contribution in [2.45, 2.75) is 18.7 Å². The van der Waals surface area contributed by atoms with Crippen LogP contribution in [0.5, 0.6) is 0 Å². The van der Waals surface area contributed by atoms with Crippen LogP contribution < -0.4 is 0 Å². The van der Waals surface area contributed by atoms with Crippen molar-refractivity contribution in [3.05, 3.63) is 83.6 Å².